The molecule has 2 N–H and O–H groups in total. The average molecular weight is 301 g/mol. The van der Waals surface area contributed by atoms with Crippen molar-refractivity contribution in [3.05, 3.63) is 0 Å². The maximum Gasteiger partial charge on any atom is 0.0540 e. The zero-order valence-electron chi connectivity index (χ0n) is 14.7. The first kappa shape index (κ1) is 20.9. The molecule has 128 valence electrons. The lowest BCUT2D eigenvalue weighted by atomic mass is 10.0. The van der Waals surface area contributed by atoms with Crippen LogP contribution < -0.4 is 0 Å². The van der Waals surface area contributed by atoms with Crippen molar-refractivity contribution in [3.63, 3.8) is 0 Å². The van der Waals surface area contributed by atoms with Crippen molar-refractivity contribution >= 4 is 0 Å². The number of hydrogen-bond donors (Lipinski definition) is 2. The lowest BCUT2D eigenvalue weighted by Gasteiger charge is -2.10. The fraction of sp³-hybridized carbons (Fsp3) is 1.00. The zero-order valence-corrected chi connectivity index (χ0v) is 14.7. The second-order valence-corrected chi connectivity index (χ2v) is 6.76. The van der Waals surface area contributed by atoms with E-state index in [2.05, 4.69) is 6.92 Å². The summed E-state index contributed by atoms with van der Waals surface area (Å²) in [6.07, 6.45) is 18.0. The van der Waals surface area contributed by atoms with Gasteiger partial charge < -0.3 is 10.2 Å². The molecule has 0 aliphatic rings. The first-order valence-corrected chi connectivity index (χ1v) is 9.53. The van der Waals surface area contributed by atoms with E-state index in [9.17, 15) is 5.11 Å². The second kappa shape index (κ2) is 16.3. The molecule has 0 fully saturated rings. The minimum absolute atomic E-state index is 0.0635. The van der Waals surface area contributed by atoms with E-state index in [1.54, 1.807) is 0 Å². The van der Waals surface area contributed by atoms with E-state index in [-0.39, 0.29) is 12.2 Å². The molecule has 2 atom stereocenters. The summed E-state index contributed by atoms with van der Waals surface area (Å²) in [6, 6.07) is 0. The van der Waals surface area contributed by atoms with Gasteiger partial charge in [-0.15, -0.1) is 0 Å². The normalized spacial score (nSPS) is 14.3. The molecule has 0 aromatic rings. The van der Waals surface area contributed by atoms with Gasteiger partial charge in [0.05, 0.1) is 12.2 Å². The molecule has 0 bridgehead atoms. The summed E-state index contributed by atoms with van der Waals surface area (Å²) in [7, 11) is 0. The fourth-order valence-corrected chi connectivity index (χ4v) is 2.83. The van der Waals surface area contributed by atoms with Crippen LogP contribution in [0, 0.1) is 0 Å². The van der Waals surface area contributed by atoms with Gasteiger partial charge in [-0.2, -0.15) is 0 Å². The molecule has 0 amide bonds. The lowest BCUT2D eigenvalue weighted by molar-refractivity contribution is 0.147. The monoisotopic (exact) mass is 300 g/mol. The maximum absolute atomic E-state index is 9.93. The molecule has 0 rings (SSSR count). The molecule has 0 saturated heterocycles. The fourth-order valence-electron chi connectivity index (χ4n) is 2.83. The summed E-state index contributed by atoms with van der Waals surface area (Å²) < 4.78 is 0. The Morgan fingerprint density at radius 2 is 0.952 bits per heavy atom. The molecule has 2 unspecified atom stereocenters. The molecule has 0 saturated carbocycles. The van der Waals surface area contributed by atoms with Crippen LogP contribution >= 0.6 is 0 Å². The van der Waals surface area contributed by atoms with Crippen molar-refractivity contribution in [2.75, 3.05) is 0 Å². The summed E-state index contributed by atoms with van der Waals surface area (Å²) >= 11 is 0. The molecule has 0 heterocycles. The van der Waals surface area contributed by atoms with Crippen LogP contribution in [0.5, 0.6) is 0 Å². The highest BCUT2D eigenvalue weighted by molar-refractivity contribution is 4.57. The Bertz CT molecular complexity index is 192. The number of rotatable bonds is 16. The molecule has 0 radical (unpaired) electrons. The van der Waals surface area contributed by atoms with Gasteiger partial charge in [-0.25, -0.2) is 0 Å². The molecule has 0 aliphatic carbocycles. The van der Waals surface area contributed by atoms with E-state index in [1.165, 1.54) is 70.6 Å². The van der Waals surface area contributed by atoms with E-state index in [4.69, 9.17) is 5.11 Å². The third kappa shape index (κ3) is 17.9. The molecule has 0 aromatic carbocycles. The summed E-state index contributed by atoms with van der Waals surface area (Å²) in [5, 5.41) is 19.1. The smallest absolute Gasteiger partial charge is 0.0540 e. The predicted molar refractivity (Wildman–Crippen MR) is 92.6 cm³/mol. The van der Waals surface area contributed by atoms with Crippen molar-refractivity contribution in [2.24, 2.45) is 0 Å². The van der Waals surface area contributed by atoms with Gasteiger partial charge in [0, 0.05) is 0 Å². The standard InChI is InChI=1S/C19H40O2/c1-3-4-5-6-10-13-16-19(21)17-14-11-8-7-9-12-15-18(2)20/h18-21H,3-17H2,1-2H3. The van der Waals surface area contributed by atoms with E-state index < -0.39 is 0 Å². The van der Waals surface area contributed by atoms with Crippen molar-refractivity contribution in [2.45, 2.75) is 122 Å². The Labute approximate surface area is 133 Å². The van der Waals surface area contributed by atoms with E-state index >= 15 is 0 Å². The van der Waals surface area contributed by atoms with E-state index in [0.29, 0.717) is 0 Å². The Morgan fingerprint density at radius 3 is 1.38 bits per heavy atom. The molecular weight excluding hydrogens is 260 g/mol. The van der Waals surface area contributed by atoms with Crippen molar-refractivity contribution < 1.29 is 10.2 Å². The highest BCUT2D eigenvalue weighted by Gasteiger charge is 2.03. The third-order valence-corrected chi connectivity index (χ3v) is 4.30. The van der Waals surface area contributed by atoms with Crippen molar-refractivity contribution in [1.29, 1.82) is 0 Å². The molecule has 0 aliphatic heterocycles. The van der Waals surface area contributed by atoms with E-state index in [0.717, 1.165) is 25.7 Å². The van der Waals surface area contributed by atoms with Crippen LogP contribution in [-0.2, 0) is 0 Å². The summed E-state index contributed by atoms with van der Waals surface area (Å²) in [5.74, 6) is 0. The van der Waals surface area contributed by atoms with Gasteiger partial charge in [0.1, 0.15) is 0 Å². The van der Waals surface area contributed by atoms with Gasteiger partial charge in [-0.3, -0.25) is 0 Å². The van der Waals surface area contributed by atoms with Crippen LogP contribution in [0.2, 0.25) is 0 Å². The lowest BCUT2D eigenvalue weighted by Crippen LogP contribution is -2.05. The molecule has 2 heteroatoms. The van der Waals surface area contributed by atoms with Gasteiger partial charge in [-0.1, -0.05) is 84.0 Å². The number of aliphatic hydroxyl groups excluding tert-OH is 2. The van der Waals surface area contributed by atoms with Gasteiger partial charge in [0.2, 0.25) is 0 Å². The zero-order chi connectivity index (χ0) is 15.8. The first-order valence-electron chi connectivity index (χ1n) is 9.53. The minimum Gasteiger partial charge on any atom is -0.393 e. The Kier molecular flexibility index (Phi) is 16.2. The SMILES string of the molecule is CCCCCCCCC(O)CCCCCCCCC(C)O. The number of hydrogen-bond acceptors (Lipinski definition) is 2. The van der Waals surface area contributed by atoms with Crippen LogP contribution in [0.15, 0.2) is 0 Å². The van der Waals surface area contributed by atoms with E-state index in [1.807, 2.05) is 6.92 Å². The Hall–Kier alpha value is -0.0800. The molecular formula is C19H40O2. The predicted octanol–water partition coefficient (Wildman–Crippen LogP) is 5.60. The molecule has 21 heavy (non-hydrogen) atoms. The van der Waals surface area contributed by atoms with Gasteiger partial charge in [0.25, 0.3) is 0 Å². The minimum atomic E-state index is -0.137. The third-order valence-electron chi connectivity index (χ3n) is 4.30. The summed E-state index contributed by atoms with van der Waals surface area (Å²) in [5.41, 5.74) is 0. The van der Waals surface area contributed by atoms with Crippen LogP contribution in [-0.4, -0.2) is 22.4 Å². The quantitative estimate of drug-likeness (QED) is 0.364. The summed E-state index contributed by atoms with van der Waals surface area (Å²) in [4.78, 5) is 0. The largest absolute Gasteiger partial charge is 0.393 e. The van der Waals surface area contributed by atoms with Crippen LogP contribution in [0.1, 0.15) is 110 Å². The highest BCUT2D eigenvalue weighted by Crippen LogP contribution is 2.14. The Balaban J connectivity index is 3.14. The topological polar surface area (TPSA) is 40.5 Å². The van der Waals surface area contributed by atoms with Crippen LogP contribution in [0.25, 0.3) is 0 Å². The van der Waals surface area contributed by atoms with Gasteiger partial charge in [-0.05, 0) is 26.2 Å². The number of aliphatic hydroxyl groups is 2. The van der Waals surface area contributed by atoms with Crippen molar-refractivity contribution in [3.8, 4) is 0 Å². The highest BCUT2D eigenvalue weighted by atomic mass is 16.3. The van der Waals surface area contributed by atoms with Crippen LogP contribution in [0.3, 0.4) is 0 Å². The average Bonchev–Trinajstić information content (AvgIpc) is 2.45. The van der Waals surface area contributed by atoms with Crippen molar-refractivity contribution in [1.82, 2.24) is 0 Å². The van der Waals surface area contributed by atoms with Crippen LogP contribution in [0.4, 0.5) is 0 Å². The molecule has 2 nitrogen and oxygen atoms in total. The Morgan fingerprint density at radius 1 is 0.571 bits per heavy atom. The van der Waals surface area contributed by atoms with Gasteiger partial charge in [0.15, 0.2) is 0 Å². The number of unbranched alkanes of at least 4 members (excludes halogenated alkanes) is 10. The molecule has 0 aromatic heterocycles. The molecule has 0 spiro atoms. The summed E-state index contributed by atoms with van der Waals surface area (Å²) in [6.45, 7) is 4.11. The van der Waals surface area contributed by atoms with Gasteiger partial charge >= 0.3 is 0 Å². The second-order valence-electron chi connectivity index (χ2n) is 6.76. The maximum atomic E-state index is 9.93. The first-order chi connectivity index (χ1) is 10.2.